The van der Waals surface area contributed by atoms with Gasteiger partial charge in [0, 0.05) is 35.5 Å². The van der Waals surface area contributed by atoms with Gasteiger partial charge in [-0.1, -0.05) is 23.2 Å². The van der Waals surface area contributed by atoms with Crippen LogP contribution in [0.2, 0.25) is 10.0 Å². The highest BCUT2D eigenvalue weighted by Gasteiger charge is 2.41. The molecule has 1 aromatic rings. The van der Waals surface area contributed by atoms with Crippen molar-refractivity contribution in [3.8, 4) is 0 Å². The Morgan fingerprint density at radius 2 is 1.72 bits per heavy atom. The van der Waals surface area contributed by atoms with E-state index in [0.717, 1.165) is 0 Å². The molecule has 1 saturated carbocycles. The minimum absolute atomic E-state index is 0.0728. The molecule has 2 rings (SSSR count). The fourth-order valence-electron chi connectivity index (χ4n) is 2.70. The van der Waals surface area contributed by atoms with E-state index in [1.54, 1.807) is 13.8 Å². The molecule has 1 fully saturated rings. The second-order valence-electron chi connectivity index (χ2n) is 6.23. The van der Waals surface area contributed by atoms with Crippen LogP contribution in [0.1, 0.15) is 37.0 Å². The first-order valence-electron chi connectivity index (χ1n) is 7.80. The van der Waals surface area contributed by atoms with Crippen molar-refractivity contribution < 1.29 is 19.2 Å². The lowest BCUT2D eigenvalue weighted by atomic mass is 9.79. The van der Waals surface area contributed by atoms with Crippen LogP contribution in [0.4, 0.5) is 4.79 Å². The number of rotatable bonds is 4. The van der Waals surface area contributed by atoms with Crippen LogP contribution in [0.5, 0.6) is 0 Å². The Morgan fingerprint density at radius 3 is 2.24 bits per heavy atom. The fraction of sp³-hybridized carbons (Fsp3) is 0.412. The maximum Gasteiger partial charge on any atom is 0.315 e. The predicted molar refractivity (Wildman–Crippen MR) is 94.1 cm³/mol. The maximum atomic E-state index is 12.6. The van der Waals surface area contributed by atoms with Crippen LogP contribution in [0.25, 0.3) is 0 Å². The molecule has 0 atom stereocenters. The summed E-state index contributed by atoms with van der Waals surface area (Å²) in [6.45, 7) is 3.59. The molecule has 0 unspecified atom stereocenters. The predicted octanol–water partition coefficient (Wildman–Crippen LogP) is 2.80. The summed E-state index contributed by atoms with van der Waals surface area (Å²) in [6, 6.07) is 3.10. The Kier molecular flexibility index (Phi) is 6.19. The number of benzene rings is 1. The highest BCUT2D eigenvalue weighted by Crippen LogP contribution is 2.27. The normalized spacial score (nSPS) is 20.5. The van der Waals surface area contributed by atoms with Gasteiger partial charge < -0.3 is 10.6 Å². The fourth-order valence-corrected chi connectivity index (χ4v) is 3.20. The summed E-state index contributed by atoms with van der Waals surface area (Å²) < 4.78 is 0. The molecular formula is C17H18Cl2N2O4. The van der Waals surface area contributed by atoms with E-state index in [1.165, 1.54) is 18.2 Å². The number of urea groups is 1. The quantitative estimate of drug-likeness (QED) is 0.616. The maximum absolute atomic E-state index is 12.6. The molecule has 0 radical (unpaired) electrons. The molecule has 134 valence electrons. The first-order valence-corrected chi connectivity index (χ1v) is 8.56. The van der Waals surface area contributed by atoms with Gasteiger partial charge in [0.05, 0.1) is 5.02 Å². The summed E-state index contributed by atoms with van der Waals surface area (Å²) in [7, 11) is 0. The second kappa shape index (κ2) is 7.97. The van der Waals surface area contributed by atoms with E-state index in [0.29, 0.717) is 5.02 Å². The van der Waals surface area contributed by atoms with E-state index in [9.17, 15) is 19.2 Å². The third kappa shape index (κ3) is 4.80. The number of amides is 2. The van der Waals surface area contributed by atoms with Crippen LogP contribution in [0.3, 0.4) is 0 Å². The smallest absolute Gasteiger partial charge is 0.315 e. The lowest BCUT2D eigenvalue weighted by molar-refractivity contribution is -0.134. The monoisotopic (exact) mass is 384 g/mol. The van der Waals surface area contributed by atoms with E-state index in [4.69, 9.17) is 23.2 Å². The van der Waals surface area contributed by atoms with Crippen LogP contribution in [-0.4, -0.2) is 35.5 Å². The molecule has 0 aliphatic heterocycles. The Bertz CT molecular complexity index is 715. The third-order valence-corrected chi connectivity index (χ3v) is 4.30. The zero-order valence-corrected chi connectivity index (χ0v) is 15.3. The Morgan fingerprint density at radius 1 is 1.12 bits per heavy atom. The lowest BCUT2D eigenvalue weighted by Gasteiger charge is -2.27. The van der Waals surface area contributed by atoms with E-state index in [2.05, 4.69) is 10.6 Å². The van der Waals surface area contributed by atoms with Gasteiger partial charge in [-0.2, -0.15) is 0 Å². The van der Waals surface area contributed by atoms with Gasteiger partial charge in [0.1, 0.15) is 5.92 Å². The molecule has 2 N–H and O–H groups in total. The Hall–Kier alpha value is -1.92. The van der Waals surface area contributed by atoms with Gasteiger partial charge in [0.15, 0.2) is 17.3 Å². The number of nitrogens with one attached hydrogen (secondary N) is 2. The van der Waals surface area contributed by atoms with Crippen molar-refractivity contribution in [2.45, 2.75) is 38.8 Å². The first-order chi connectivity index (χ1) is 11.7. The average Bonchev–Trinajstić information content (AvgIpc) is 2.44. The van der Waals surface area contributed by atoms with Gasteiger partial charge in [-0.25, -0.2) is 4.79 Å². The number of ketones is 3. The summed E-state index contributed by atoms with van der Waals surface area (Å²) in [5, 5.41) is 5.65. The van der Waals surface area contributed by atoms with Crippen LogP contribution < -0.4 is 10.6 Å². The van der Waals surface area contributed by atoms with Crippen molar-refractivity contribution in [1.82, 2.24) is 10.6 Å². The van der Waals surface area contributed by atoms with Gasteiger partial charge in [0.2, 0.25) is 0 Å². The van der Waals surface area contributed by atoms with Crippen molar-refractivity contribution in [3.05, 3.63) is 33.8 Å². The number of Topliss-reactive ketones (excluding diaryl/α,β-unsaturated/α-hetero) is 3. The van der Waals surface area contributed by atoms with Crippen LogP contribution in [0, 0.1) is 5.92 Å². The zero-order chi connectivity index (χ0) is 18.7. The molecule has 8 heteroatoms. The summed E-state index contributed by atoms with van der Waals surface area (Å²) in [5.41, 5.74) is 0.0849. The standard InChI is InChI=1S/C17H18Cl2N2O4/c1-8(2)20-17(25)21-10-6-13(22)15(14(23)7-10)16(24)11-4-3-9(18)5-12(11)19/h3-5,8,10,15H,6-7H2,1-2H3,(H2,20,21,25). The Labute approximate surface area is 155 Å². The number of hydrogen-bond acceptors (Lipinski definition) is 4. The molecule has 25 heavy (non-hydrogen) atoms. The van der Waals surface area contributed by atoms with Crippen LogP contribution in [0.15, 0.2) is 18.2 Å². The molecule has 0 spiro atoms. The van der Waals surface area contributed by atoms with Gasteiger partial charge in [-0.3, -0.25) is 14.4 Å². The largest absolute Gasteiger partial charge is 0.336 e. The van der Waals surface area contributed by atoms with Crippen LogP contribution in [-0.2, 0) is 9.59 Å². The van der Waals surface area contributed by atoms with Gasteiger partial charge in [-0.15, -0.1) is 0 Å². The number of carbonyl (C=O) groups is 4. The average molecular weight is 385 g/mol. The molecule has 1 aliphatic carbocycles. The topological polar surface area (TPSA) is 92.3 Å². The molecule has 0 aromatic heterocycles. The molecule has 2 amide bonds. The summed E-state index contributed by atoms with van der Waals surface area (Å²) in [4.78, 5) is 48.9. The molecule has 0 heterocycles. The van der Waals surface area contributed by atoms with Crippen molar-refractivity contribution in [2.24, 2.45) is 5.92 Å². The van der Waals surface area contributed by atoms with Crippen molar-refractivity contribution >= 4 is 46.6 Å². The minimum atomic E-state index is -1.38. The highest BCUT2D eigenvalue weighted by molar-refractivity contribution is 6.38. The number of hydrogen-bond donors (Lipinski definition) is 2. The lowest BCUT2D eigenvalue weighted by Crippen LogP contribution is -2.51. The van der Waals surface area contributed by atoms with Crippen LogP contribution >= 0.6 is 23.2 Å². The van der Waals surface area contributed by atoms with E-state index in [1.807, 2.05) is 0 Å². The van der Waals surface area contributed by atoms with E-state index >= 15 is 0 Å². The molecule has 1 aliphatic rings. The van der Waals surface area contributed by atoms with Crippen molar-refractivity contribution in [2.75, 3.05) is 0 Å². The Balaban J connectivity index is 2.10. The first kappa shape index (κ1) is 19.4. The van der Waals surface area contributed by atoms with Crippen molar-refractivity contribution in [1.29, 1.82) is 0 Å². The molecule has 6 nitrogen and oxygen atoms in total. The second-order valence-corrected chi connectivity index (χ2v) is 7.08. The van der Waals surface area contributed by atoms with E-state index < -0.39 is 35.3 Å². The van der Waals surface area contributed by atoms with Crippen molar-refractivity contribution in [3.63, 3.8) is 0 Å². The van der Waals surface area contributed by atoms with Gasteiger partial charge in [-0.05, 0) is 32.0 Å². The summed E-state index contributed by atoms with van der Waals surface area (Å²) in [5.74, 6) is -3.07. The third-order valence-electron chi connectivity index (χ3n) is 3.75. The van der Waals surface area contributed by atoms with Gasteiger partial charge in [0.25, 0.3) is 0 Å². The van der Waals surface area contributed by atoms with E-state index in [-0.39, 0.29) is 29.5 Å². The molecule has 0 bridgehead atoms. The molecule has 1 aromatic carbocycles. The molecular weight excluding hydrogens is 367 g/mol. The number of halogens is 2. The van der Waals surface area contributed by atoms with Gasteiger partial charge >= 0.3 is 6.03 Å². The SMILES string of the molecule is CC(C)NC(=O)NC1CC(=O)C(C(=O)c2ccc(Cl)cc2Cl)C(=O)C1. The zero-order valence-electron chi connectivity index (χ0n) is 13.8. The minimum Gasteiger partial charge on any atom is -0.336 e. The highest BCUT2D eigenvalue weighted by atomic mass is 35.5. The summed E-state index contributed by atoms with van der Waals surface area (Å²) in [6.07, 6.45) is -0.169. The summed E-state index contributed by atoms with van der Waals surface area (Å²) >= 11 is 11.8. The molecule has 0 saturated heterocycles. The number of carbonyl (C=O) groups excluding carboxylic acids is 4.